The van der Waals surface area contributed by atoms with Crippen LogP contribution in [0.25, 0.3) is 0 Å². The number of aliphatic carboxylic acids is 7. The van der Waals surface area contributed by atoms with Crippen LogP contribution in [0.15, 0.2) is 0 Å². The van der Waals surface area contributed by atoms with Gasteiger partial charge in [-0.15, -0.1) is 0 Å². The molecule has 0 aliphatic carbocycles. The van der Waals surface area contributed by atoms with Crippen LogP contribution >= 0.6 is 0 Å². The molecule has 0 aliphatic heterocycles. The van der Waals surface area contributed by atoms with Gasteiger partial charge in [0.05, 0.1) is 0 Å². The maximum Gasteiger partial charge on any atom is 2.00 e. The Morgan fingerprint density at radius 1 is 0.141 bits per heavy atom. The van der Waals surface area contributed by atoms with E-state index in [9.17, 15) is 0 Å². The molecule has 14 nitrogen and oxygen atoms in total. The molecule has 0 aliphatic rings. The quantitative estimate of drug-likeness (QED) is 0.164. The minimum Gasteiger partial charge on any atom is -0.481 e. The summed E-state index contributed by atoms with van der Waals surface area (Å²) in [6.07, 6.45) is 0. The summed E-state index contributed by atoms with van der Waals surface area (Å²) in [5.41, 5.74) is 0. The second-order valence-corrected chi connectivity index (χ2v) is 3.63. The number of carboxylic acids is 7. The van der Waals surface area contributed by atoms with Crippen molar-refractivity contribution in [3.05, 3.63) is 0 Å². The number of carboxylic acid groups (broad SMARTS) is 7. The van der Waals surface area contributed by atoms with Crippen LogP contribution in [0.3, 0.4) is 0 Å². The smallest absolute Gasteiger partial charge is 0.481 e. The van der Waals surface area contributed by atoms with Crippen LogP contribution < -0.4 is 0 Å². The Hall–Kier alpha value is 18.7. The van der Waals surface area contributed by atoms with Crippen LogP contribution in [0.4, 0.5) is 0 Å². The fourth-order valence-electron chi connectivity index (χ4n) is 0. The van der Waals surface area contributed by atoms with Crippen molar-refractivity contribution in [3.8, 4) is 0 Å². The Labute approximate surface area is 840 Å². The molecule has 0 saturated carbocycles. The summed E-state index contributed by atoms with van der Waals surface area (Å²) >= 11 is 0. The normalized spacial score (nSPS) is 2.73. The molecule has 64 heavy (non-hydrogen) atoms. The Morgan fingerprint density at radius 2 is 0.141 bits per heavy atom. The molecule has 0 atom stereocenters. The maximum atomic E-state index is 9.00. The zero-order valence-corrected chi connectivity index (χ0v) is 149. The molecule has 0 unspecified atom stereocenters. The summed E-state index contributed by atoms with van der Waals surface area (Å²) in [5, 5.41) is 51.9. The summed E-state index contributed by atoms with van der Waals surface area (Å²) in [4.78, 5) is 63.0. The second kappa shape index (κ2) is 337. The van der Waals surface area contributed by atoms with E-state index in [4.69, 9.17) is 69.3 Å². The standard InChI is InChI=1S/7C2H4O2.36Zn/c7*1-2(3)4;;;;;;;;;;;;;;;;;;;;;;;;;;;;;;;;;;;;/h7*1H3,(H,3,4);;;;;;;;;;;;;;;;;;;;;;;;;;;;;;;;;;;;/q;;;;;;;36*+2. The first-order valence-electron chi connectivity index (χ1n) is 6.49. The molecular formula is C14H28O14Zn36+72. The predicted octanol–water partition coefficient (Wildman–Crippen LogP) is 0.546. The summed E-state index contributed by atoms with van der Waals surface area (Å²) in [6.45, 7) is 7.58. The molecule has 50 heteroatoms. The van der Waals surface area contributed by atoms with E-state index in [0.29, 0.717) is 0 Å². The van der Waals surface area contributed by atoms with Gasteiger partial charge in [0.1, 0.15) is 0 Å². The van der Waals surface area contributed by atoms with Crippen LogP contribution in [0.5, 0.6) is 0 Å². The fraction of sp³-hybridized carbons (Fsp3) is 0.500. The monoisotopic (exact) mass is 2720 g/mol. The van der Waals surface area contributed by atoms with Gasteiger partial charge < -0.3 is 35.7 Å². The summed E-state index contributed by atoms with van der Waals surface area (Å²) in [6, 6.07) is 0. The predicted molar refractivity (Wildman–Crippen MR) is 93.2 cm³/mol. The minimum absolute atomic E-state index is 0. The number of rotatable bonds is 0. The van der Waals surface area contributed by atoms with Crippen molar-refractivity contribution >= 4 is 41.8 Å². The van der Waals surface area contributed by atoms with Gasteiger partial charge in [0.15, 0.2) is 0 Å². The van der Waals surface area contributed by atoms with Crippen molar-refractivity contribution in [2.75, 3.05) is 0 Å². The third-order valence-electron chi connectivity index (χ3n) is 0. The molecular weight excluding hydrogens is 2750 g/mol. The molecule has 7 N–H and O–H groups in total. The van der Waals surface area contributed by atoms with E-state index < -0.39 is 41.8 Å². The fourth-order valence-corrected chi connectivity index (χ4v) is 0. The van der Waals surface area contributed by atoms with Gasteiger partial charge in [-0.25, -0.2) is 0 Å². The van der Waals surface area contributed by atoms with Crippen molar-refractivity contribution in [2.45, 2.75) is 48.5 Å². The van der Waals surface area contributed by atoms with Crippen molar-refractivity contribution in [1.29, 1.82) is 0 Å². The molecule has 0 aromatic heterocycles. The molecule has 168 valence electrons. The van der Waals surface area contributed by atoms with Crippen LogP contribution in [0.1, 0.15) is 48.5 Å². The van der Waals surface area contributed by atoms with E-state index in [2.05, 4.69) is 0 Å². The van der Waals surface area contributed by atoms with Gasteiger partial charge in [0.25, 0.3) is 41.8 Å². The van der Waals surface area contributed by atoms with Crippen LogP contribution in [-0.4, -0.2) is 77.5 Å². The van der Waals surface area contributed by atoms with Gasteiger partial charge >= 0.3 is 701 Å². The van der Waals surface area contributed by atoms with Gasteiger partial charge in [0, 0.05) is 48.5 Å². The van der Waals surface area contributed by atoms with Gasteiger partial charge in [-0.05, 0) is 0 Å². The average molecular weight is 2770 g/mol. The zero-order chi connectivity index (χ0) is 25.0. The van der Waals surface area contributed by atoms with Crippen molar-refractivity contribution in [2.24, 2.45) is 0 Å². The molecule has 0 amide bonds. The summed E-state index contributed by atoms with van der Waals surface area (Å²) < 4.78 is 0. The molecule has 0 bridgehead atoms. The van der Waals surface area contributed by atoms with E-state index in [1.54, 1.807) is 0 Å². The Bertz CT molecular complexity index is 370. The van der Waals surface area contributed by atoms with Crippen molar-refractivity contribution < 1.29 is 771 Å². The molecule has 0 rings (SSSR count). The second-order valence-electron chi connectivity index (χ2n) is 3.63. The first-order valence-corrected chi connectivity index (χ1v) is 6.49. The summed E-state index contributed by atoms with van der Waals surface area (Å²) in [5.74, 6) is -5.83. The van der Waals surface area contributed by atoms with Crippen molar-refractivity contribution in [1.82, 2.24) is 0 Å². The molecule has 0 aromatic rings. The van der Waals surface area contributed by atoms with Gasteiger partial charge in [-0.1, -0.05) is 0 Å². The topological polar surface area (TPSA) is 261 Å². The average Bonchev–Trinajstić information content (AvgIpc) is 2.20. The van der Waals surface area contributed by atoms with E-state index in [1.165, 1.54) is 0 Å². The molecule has 0 fully saturated rings. The number of hydrogen-bond acceptors (Lipinski definition) is 7. The molecule has 0 spiro atoms. The molecule has 0 saturated heterocycles. The van der Waals surface area contributed by atoms with Crippen LogP contribution in [-0.2, 0) is 735 Å². The van der Waals surface area contributed by atoms with Crippen molar-refractivity contribution in [3.63, 3.8) is 0 Å². The van der Waals surface area contributed by atoms with Gasteiger partial charge in [0.2, 0.25) is 0 Å². The maximum absolute atomic E-state index is 9.00. The Morgan fingerprint density at radius 3 is 0.141 bits per heavy atom. The van der Waals surface area contributed by atoms with E-state index in [-0.39, 0.29) is 701 Å². The zero-order valence-electron chi connectivity index (χ0n) is 41.9. The molecule has 0 heterocycles. The largest absolute Gasteiger partial charge is 2.00 e. The van der Waals surface area contributed by atoms with E-state index in [1.807, 2.05) is 0 Å². The van der Waals surface area contributed by atoms with Crippen LogP contribution in [0, 0.1) is 0 Å². The summed E-state index contributed by atoms with van der Waals surface area (Å²) in [7, 11) is 0. The van der Waals surface area contributed by atoms with E-state index >= 15 is 0 Å². The van der Waals surface area contributed by atoms with Crippen LogP contribution in [0.2, 0.25) is 0 Å². The molecule has 0 aromatic carbocycles. The third-order valence-corrected chi connectivity index (χ3v) is 0. The first kappa shape index (κ1) is 350. The Kier molecular flexibility index (Phi) is 1850. The third kappa shape index (κ3) is 1460. The first-order chi connectivity index (χ1) is 12.1. The minimum atomic E-state index is -0.833. The SMILES string of the molecule is CC(=O)O.CC(=O)O.CC(=O)O.CC(=O)O.CC(=O)O.CC(=O)O.CC(=O)O.[Zn+2].[Zn+2].[Zn+2].[Zn+2].[Zn+2].[Zn+2].[Zn+2].[Zn+2].[Zn+2].[Zn+2].[Zn+2].[Zn+2].[Zn+2].[Zn+2].[Zn+2].[Zn+2].[Zn+2].[Zn+2].[Zn+2].[Zn+2].[Zn+2].[Zn+2].[Zn+2].[Zn+2].[Zn+2].[Zn+2].[Zn+2].[Zn+2].[Zn+2].[Zn+2].[Zn+2].[Zn+2].[Zn+2].[Zn+2].[Zn+2].[Zn+2]. The molecule has 0 radical (unpaired) electrons. The van der Waals surface area contributed by atoms with Gasteiger partial charge in [-0.2, -0.15) is 0 Å². The number of hydrogen-bond donors (Lipinski definition) is 7. The van der Waals surface area contributed by atoms with E-state index in [0.717, 1.165) is 48.5 Å². The number of carbonyl (C=O) groups is 7. The van der Waals surface area contributed by atoms with Gasteiger partial charge in [-0.3, -0.25) is 33.6 Å². The Balaban J connectivity index is -0.00000000179.